The summed E-state index contributed by atoms with van der Waals surface area (Å²) in [5, 5.41) is 2.20. The molecule has 0 spiro atoms. The lowest BCUT2D eigenvalue weighted by Gasteiger charge is -2.27. The second kappa shape index (κ2) is 4.70. The highest BCUT2D eigenvalue weighted by Crippen LogP contribution is 2.33. The Balaban J connectivity index is 2.25. The standard InChI is InChI=1S/C10H11ClF3N3/c11-8-5-7(10(12,13)14)6-16-9(8)17-3-1-15-2-4-17/h5-6,15H,1-4H2/p+1. The van der Waals surface area contributed by atoms with E-state index in [1.165, 1.54) is 0 Å². The van der Waals surface area contributed by atoms with Gasteiger partial charge in [0.05, 0.1) is 36.8 Å². The van der Waals surface area contributed by atoms with Crippen LogP contribution in [0.3, 0.4) is 0 Å². The van der Waals surface area contributed by atoms with Crippen LogP contribution in [0.2, 0.25) is 5.02 Å². The van der Waals surface area contributed by atoms with E-state index >= 15 is 0 Å². The first-order chi connectivity index (χ1) is 7.98. The maximum atomic E-state index is 12.4. The fourth-order valence-corrected chi connectivity index (χ4v) is 2.07. The minimum absolute atomic E-state index is 0.0572. The maximum Gasteiger partial charge on any atom is 0.417 e. The van der Waals surface area contributed by atoms with E-state index < -0.39 is 11.7 Å². The highest BCUT2D eigenvalue weighted by atomic mass is 35.5. The molecule has 94 valence electrons. The summed E-state index contributed by atoms with van der Waals surface area (Å²) in [7, 11) is 0. The quantitative estimate of drug-likeness (QED) is 0.827. The lowest BCUT2D eigenvalue weighted by molar-refractivity contribution is -0.655. The number of aromatic nitrogens is 1. The monoisotopic (exact) mass is 266 g/mol. The van der Waals surface area contributed by atoms with Crippen molar-refractivity contribution in [1.82, 2.24) is 4.98 Å². The number of hydrogen-bond donors (Lipinski definition) is 1. The first kappa shape index (κ1) is 12.4. The van der Waals surface area contributed by atoms with E-state index in [0.717, 1.165) is 38.4 Å². The molecule has 1 aliphatic heterocycles. The van der Waals surface area contributed by atoms with Crippen LogP contribution in [-0.4, -0.2) is 31.2 Å². The van der Waals surface area contributed by atoms with Gasteiger partial charge in [0.1, 0.15) is 5.82 Å². The molecule has 0 unspecified atom stereocenters. The normalized spacial score (nSPS) is 17.3. The van der Waals surface area contributed by atoms with E-state index in [4.69, 9.17) is 11.6 Å². The summed E-state index contributed by atoms with van der Waals surface area (Å²) in [4.78, 5) is 5.73. The van der Waals surface area contributed by atoms with Crippen LogP contribution in [-0.2, 0) is 6.18 Å². The number of alkyl halides is 3. The Morgan fingerprint density at radius 1 is 1.29 bits per heavy atom. The van der Waals surface area contributed by atoms with Crippen LogP contribution < -0.4 is 10.2 Å². The Morgan fingerprint density at radius 2 is 1.94 bits per heavy atom. The van der Waals surface area contributed by atoms with Crippen LogP contribution in [0.4, 0.5) is 19.0 Å². The first-order valence-electron chi connectivity index (χ1n) is 5.28. The van der Waals surface area contributed by atoms with E-state index in [0.29, 0.717) is 5.82 Å². The molecule has 2 rings (SSSR count). The predicted molar refractivity (Wildman–Crippen MR) is 58.1 cm³/mol. The fourth-order valence-electron chi connectivity index (χ4n) is 1.78. The highest BCUT2D eigenvalue weighted by molar-refractivity contribution is 6.33. The highest BCUT2D eigenvalue weighted by Gasteiger charge is 2.32. The molecule has 17 heavy (non-hydrogen) atoms. The van der Waals surface area contributed by atoms with Crippen LogP contribution in [0, 0.1) is 0 Å². The summed E-state index contributed by atoms with van der Waals surface area (Å²) in [6, 6.07) is 0.933. The summed E-state index contributed by atoms with van der Waals surface area (Å²) in [5.74, 6) is 0.438. The van der Waals surface area contributed by atoms with Crippen molar-refractivity contribution >= 4 is 17.4 Å². The summed E-state index contributed by atoms with van der Waals surface area (Å²) in [6.45, 7) is 3.30. The van der Waals surface area contributed by atoms with Gasteiger partial charge in [-0.1, -0.05) is 11.6 Å². The maximum absolute atomic E-state index is 12.4. The molecular formula is C10H12ClF3N3+. The Kier molecular flexibility index (Phi) is 3.44. The van der Waals surface area contributed by atoms with Crippen LogP contribution in [0.5, 0.6) is 0 Å². The summed E-state index contributed by atoms with van der Waals surface area (Å²) >= 11 is 5.85. The van der Waals surface area contributed by atoms with Gasteiger partial charge in [-0.05, 0) is 6.07 Å². The topological polar surface area (TPSA) is 32.7 Å². The SMILES string of the molecule is FC(F)(F)c1cnc(N2CC[NH2+]CC2)c(Cl)c1. The van der Waals surface area contributed by atoms with Gasteiger partial charge in [0.15, 0.2) is 0 Å². The zero-order chi connectivity index (χ0) is 12.5. The van der Waals surface area contributed by atoms with Crippen LogP contribution in [0.15, 0.2) is 12.3 Å². The van der Waals surface area contributed by atoms with Gasteiger partial charge in [-0.15, -0.1) is 0 Å². The van der Waals surface area contributed by atoms with Gasteiger partial charge in [0.2, 0.25) is 0 Å². The second-order valence-electron chi connectivity index (χ2n) is 3.88. The Morgan fingerprint density at radius 3 is 2.47 bits per heavy atom. The average molecular weight is 267 g/mol. The first-order valence-corrected chi connectivity index (χ1v) is 5.65. The molecular weight excluding hydrogens is 255 g/mol. The lowest BCUT2D eigenvalue weighted by Crippen LogP contribution is -2.89. The minimum atomic E-state index is -4.40. The zero-order valence-corrected chi connectivity index (χ0v) is 9.72. The minimum Gasteiger partial charge on any atom is -0.344 e. The van der Waals surface area contributed by atoms with Crippen molar-refractivity contribution in [2.75, 3.05) is 31.1 Å². The van der Waals surface area contributed by atoms with Crippen molar-refractivity contribution in [1.29, 1.82) is 0 Å². The van der Waals surface area contributed by atoms with Crippen LogP contribution in [0.1, 0.15) is 5.56 Å². The number of nitrogens with zero attached hydrogens (tertiary/aromatic N) is 2. The van der Waals surface area contributed by atoms with E-state index in [9.17, 15) is 13.2 Å². The summed E-state index contributed by atoms with van der Waals surface area (Å²) < 4.78 is 37.3. The summed E-state index contributed by atoms with van der Waals surface area (Å²) in [5.41, 5.74) is -0.810. The molecule has 2 heterocycles. The van der Waals surface area contributed by atoms with Crippen molar-refractivity contribution in [3.63, 3.8) is 0 Å². The lowest BCUT2D eigenvalue weighted by atomic mass is 10.2. The second-order valence-corrected chi connectivity index (χ2v) is 4.29. The predicted octanol–water partition coefficient (Wildman–Crippen LogP) is 1.14. The van der Waals surface area contributed by atoms with Gasteiger partial charge in [0.25, 0.3) is 0 Å². The molecule has 0 bridgehead atoms. The van der Waals surface area contributed by atoms with E-state index in [1.54, 1.807) is 0 Å². The molecule has 0 radical (unpaired) electrons. The van der Waals surface area contributed by atoms with Crippen LogP contribution in [0.25, 0.3) is 0 Å². The number of pyridine rings is 1. The molecule has 7 heteroatoms. The third-order valence-corrected chi connectivity index (χ3v) is 2.93. The van der Waals surface area contributed by atoms with E-state index in [-0.39, 0.29) is 5.02 Å². The zero-order valence-electron chi connectivity index (χ0n) is 8.97. The van der Waals surface area contributed by atoms with E-state index in [1.807, 2.05) is 4.90 Å². The number of halogens is 4. The number of nitrogens with two attached hydrogens (primary N) is 1. The number of hydrogen-bond acceptors (Lipinski definition) is 2. The molecule has 0 aromatic carbocycles. The molecule has 0 atom stereocenters. The van der Waals surface area contributed by atoms with Crippen molar-refractivity contribution in [3.05, 3.63) is 22.8 Å². The Labute approximate surface area is 102 Å². The number of piperazine rings is 1. The molecule has 1 aromatic rings. The molecule has 3 nitrogen and oxygen atoms in total. The summed E-state index contributed by atoms with van der Waals surface area (Å²) in [6.07, 6.45) is -3.57. The molecule has 2 N–H and O–H groups in total. The molecule has 0 amide bonds. The largest absolute Gasteiger partial charge is 0.417 e. The van der Waals surface area contributed by atoms with Gasteiger partial charge >= 0.3 is 6.18 Å². The smallest absolute Gasteiger partial charge is 0.344 e. The molecule has 1 aromatic heterocycles. The Hall–Kier alpha value is -1.01. The van der Waals surface area contributed by atoms with Crippen molar-refractivity contribution in [2.45, 2.75) is 6.18 Å². The van der Waals surface area contributed by atoms with E-state index in [2.05, 4.69) is 10.3 Å². The molecule has 1 aliphatic rings. The van der Waals surface area contributed by atoms with Gasteiger partial charge in [-0.25, -0.2) is 4.98 Å². The number of rotatable bonds is 1. The van der Waals surface area contributed by atoms with Gasteiger partial charge in [-0.2, -0.15) is 13.2 Å². The van der Waals surface area contributed by atoms with Gasteiger partial charge in [-0.3, -0.25) is 0 Å². The number of quaternary nitrogens is 1. The van der Waals surface area contributed by atoms with Gasteiger partial charge in [0, 0.05) is 6.20 Å². The Bertz CT molecular complexity index is 402. The molecule has 0 aliphatic carbocycles. The van der Waals surface area contributed by atoms with Crippen molar-refractivity contribution in [3.8, 4) is 0 Å². The third-order valence-electron chi connectivity index (χ3n) is 2.65. The number of anilines is 1. The van der Waals surface area contributed by atoms with Crippen molar-refractivity contribution in [2.24, 2.45) is 0 Å². The molecule has 0 saturated carbocycles. The van der Waals surface area contributed by atoms with Gasteiger partial charge < -0.3 is 10.2 Å². The average Bonchev–Trinajstić information content (AvgIpc) is 2.29. The molecule has 1 fully saturated rings. The third kappa shape index (κ3) is 2.81. The van der Waals surface area contributed by atoms with Crippen molar-refractivity contribution < 1.29 is 18.5 Å². The molecule has 1 saturated heterocycles. The van der Waals surface area contributed by atoms with Crippen LogP contribution >= 0.6 is 11.6 Å². The fraction of sp³-hybridized carbons (Fsp3) is 0.500.